The molecular weight excluding hydrogens is 399 g/mol. The Bertz CT molecular complexity index is 493. The van der Waals surface area contributed by atoms with E-state index in [1.54, 1.807) is 4.74 Å². The Hall–Kier alpha value is -1.13. The lowest BCUT2D eigenvalue weighted by Crippen LogP contribution is -2.82. The molecular formula is C7F15NO. The fraction of sp³-hybridized carbons (Fsp3) is 1.00. The van der Waals surface area contributed by atoms with Crippen LogP contribution in [0.5, 0.6) is 0 Å². The quantitative estimate of drug-likeness (QED) is 0.367. The minimum atomic E-state index is -8.01. The zero-order valence-corrected chi connectivity index (χ0v) is 10.0. The topological polar surface area (TPSA) is 12.5 Å². The molecule has 0 aliphatic carbocycles. The third-order valence-electron chi connectivity index (χ3n) is 2.72. The van der Waals surface area contributed by atoms with E-state index in [1.165, 1.54) is 0 Å². The summed E-state index contributed by atoms with van der Waals surface area (Å²) in [6.07, 6.45) is -22.6. The molecule has 24 heavy (non-hydrogen) atoms. The summed E-state index contributed by atoms with van der Waals surface area (Å²) >= 11 is 0. The van der Waals surface area contributed by atoms with Crippen LogP contribution in [0.15, 0.2) is 0 Å². The molecule has 1 rings (SSSR count). The molecule has 1 atom stereocenters. The second kappa shape index (κ2) is 4.73. The summed E-state index contributed by atoms with van der Waals surface area (Å²) < 4.78 is 191. The molecule has 0 radical (unpaired) electrons. The maximum atomic E-state index is 13.6. The molecule has 1 aliphatic heterocycles. The Morgan fingerprint density at radius 2 is 0.958 bits per heavy atom. The molecule has 1 aliphatic rings. The molecule has 2 nitrogen and oxygen atoms in total. The van der Waals surface area contributed by atoms with E-state index in [-0.39, 0.29) is 0 Å². The highest BCUT2D eigenvalue weighted by atomic mass is 19.4. The summed E-state index contributed by atoms with van der Waals surface area (Å²) in [6, 6.07) is -14.4. The van der Waals surface area contributed by atoms with Crippen LogP contribution >= 0.6 is 0 Å². The van der Waals surface area contributed by atoms with E-state index in [4.69, 9.17) is 0 Å². The number of morpholine rings is 1. The smallest absolute Gasteiger partial charge is 0.266 e. The second-order valence-electron chi connectivity index (χ2n) is 4.23. The summed E-state index contributed by atoms with van der Waals surface area (Å²) in [5.41, 5.74) is -8.01. The molecule has 0 spiro atoms. The van der Waals surface area contributed by atoms with E-state index in [1.807, 2.05) is 0 Å². The van der Waals surface area contributed by atoms with E-state index in [2.05, 4.69) is 0 Å². The van der Waals surface area contributed by atoms with Crippen LogP contribution in [-0.4, -0.2) is 47.2 Å². The summed E-state index contributed by atoms with van der Waals surface area (Å²) in [6.45, 7) is 0. The number of rotatable bonds is 1. The van der Waals surface area contributed by atoms with Gasteiger partial charge >= 0.3 is 42.1 Å². The standard InChI is InChI=1S/C7F15NO/c8-1(3(10,11)12,4(13,14)15)2(9)5(16,17)23(22)6(18,19)7(20,21)24-2. The van der Waals surface area contributed by atoms with Crippen LogP contribution in [0.3, 0.4) is 0 Å². The molecule has 0 aromatic carbocycles. The number of ether oxygens (including phenoxy) is 1. The number of alkyl halides is 14. The Kier molecular flexibility index (Phi) is 4.12. The minimum Gasteiger partial charge on any atom is -0.266 e. The minimum absolute atomic E-state index is 1.58. The van der Waals surface area contributed by atoms with Gasteiger partial charge in [0.1, 0.15) is 0 Å². The lowest BCUT2D eigenvalue weighted by atomic mass is 9.90. The van der Waals surface area contributed by atoms with Crippen molar-refractivity contribution in [1.29, 1.82) is 0 Å². The summed E-state index contributed by atoms with van der Waals surface area (Å²) in [5.74, 6) is -7.67. The molecule has 1 unspecified atom stereocenters. The van der Waals surface area contributed by atoms with Crippen LogP contribution in [-0.2, 0) is 4.74 Å². The van der Waals surface area contributed by atoms with Crippen molar-refractivity contribution >= 4 is 0 Å². The van der Waals surface area contributed by atoms with Crippen molar-refractivity contribution in [2.24, 2.45) is 0 Å². The summed E-state index contributed by atoms with van der Waals surface area (Å²) in [7, 11) is 0. The van der Waals surface area contributed by atoms with Crippen LogP contribution < -0.4 is 0 Å². The number of nitrogens with zero attached hydrogens (tertiary/aromatic N) is 1. The molecule has 0 bridgehead atoms. The Balaban J connectivity index is 3.82. The Morgan fingerprint density at radius 3 is 1.25 bits per heavy atom. The van der Waals surface area contributed by atoms with Gasteiger partial charge in [0.25, 0.3) is 0 Å². The Labute approximate surface area is 119 Å². The van der Waals surface area contributed by atoms with Gasteiger partial charge in [-0.15, -0.1) is 4.48 Å². The predicted octanol–water partition coefficient (Wildman–Crippen LogP) is 4.48. The fourth-order valence-electron chi connectivity index (χ4n) is 1.52. The van der Waals surface area contributed by atoms with E-state index in [0.29, 0.717) is 0 Å². The van der Waals surface area contributed by atoms with Gasteiger partial charge in [0.15, 0.2) is 0 Å². The highest BCUT2D eigenvalue weighted by molar-refractivity contribution is 5.14. The van der Waals surface area contributed by atoms with Gasteiger partial charge < -0.3 is 0 Å². The van der Waals surface area contributed by atoms with Crippen molar-refractivity contribution in [3.05, 3.63) is 0 Å². The van der Waals surface area contributed by atoms with Gasteiger partial charge in [-0.2, -0.15) is 57.1 Å². The molecule has 144 valence electrons. The van der Waals surface area contributed by atoms with Gasteiger partial charge in [-0.25, -0.2) is 4.39 Å². The van der Waals surface area contributed by atoms with E-state index >= 15 is 0 Å². The highest BCUT2D eigenvalue weighted by Crippen LogP contribution is 2.65. The first-order valence-electron chi connectivity index (χ1n) is 4.92. The van der Waals surface area contributed by atoms with E-state index in [0.717, 1.165) is 0 Å². The third kappa shape index (κ3) is 2.15. The predicted molar refractivity (Wildman–Crippen MR) is 38.7 cm³/mol. The van der Waals surface area contributed by atoms with Gasteiger partial charge in [-0.3, -0.25) is 4.74 Å². The van der Waals surface area contributed by atoms with Gasteiger partial charge in [0, 0.05) is 0 Å². The number of hydrogen-bond donors (Lipinski definition) is 0. The molecule has 17 heteroatoms. The van der Waals surface area contributed by atoms with Crippen LogP contribution in [0.25, 0.3) is 0 Å². The summed E-state index contributed by atoms with van der Waals surface area (Å²) in [4.78, 5) is 0. The highest BCUT2D eigenvalue weighted by Gasteiger charge is 2.97. The largest absolute Gasteiger partial charge is 0.440 e. The fourth-order valence-corrected chi connectivity index (χ4v) is 1.52. The molecule has 0 aromatic rings. The van der Waals surface area contributed by atoms with Crippen LogP contribution in [0, 0.1) is 0 Å². The zero-order valence-electron chi connectivity index (χ0n) is 10.0. The molecule has 0 N–H and O–H groups in total. The van der Waals surface area contributed by atoms with Gasteiger partial charge in [-0.1, -0.05) is 0 Å². The maximum Gasteiger partial charge on any atom is 0.440 e. The first-order chi connectivity index (χ1) is 10.1. The lowest BCUT2D eigenvalue weighted by molar-refractivity contribution is -0.598. The molecule has 0 aromatic heterocycles. The van der Waals surface area contributed by atoms with Crippen LogP contribution in [0.1, 0.15) is 0 Å². The monoisotopic (exact) mass is 399 g/mol. The van der Waals surface area contributed by atoms with Crippen molar-refractivity contribution < 1.29 is 70.7 Å². The normalized spacial score (nSPS) is 31.1. The van der Waals surface area contributed by atoms with Gasteiger partial charge in [-0.05, 0) is 5.12 Å². The molecule has 1 fully saturated rings. The first kappa shape index (κ1) is 20.9. The number of halogens is 15. The summed E-state index contributed by atoms with van der Waals surface area (Å²) in [5, 5.41) is -3.98. The SMILES string of the molecule is FN1C(F)(F)C(F)(F)OC(F)(C(F)(C(F)(F)F)C(F)(F)F)C1(F)F. The van der Waals surface area contributed by atoms with Crippen molar-refractivity contribution in [2.45, 2.75) is 42.1 Å². The lowest BCUT2D eigenvalue weighted by Gasteiger charge is -2.50. The molecule has 1 saturated heterocycles. The average molecular weight is 399 g/mol. The van der Waals surface area contributed by atoms with Gasteiger partial charge in [0.2, 0.25) is 0 Å². The van der Waals surface area contributed by atoms with Crippen molar-refractivity contribution in [2.75, 3.05) is 0 Å². The van der Waals surface area contributed by atoms with Crippen LogP contribution in [0.4, 0.5) is 65.9 Å². The van der Waals surface area contributed by atoms with E-state index < -0.39 is 47.2 Å². The average Bonchev–Trinajstić information content (AvgIpc) is 2.31. The Morgan fingerprint density at radius 1 is 0.625 bits per heavy atom. The van der Waals surface area contributed by atoms with Gasteiger partial charge in [0.05, 0.1) is 0 Å². The second-order valence-corrected chi connectivity index (χ2v) is 4.23. The van der Waals surface area contributed by atoms with E-state index in [9.17, 15) is 65.9 Å². The first-order valence-corrected chi connectivity index (χ1v) is 4.92. The van der Waals surface area contributed by atoms with Crippen molar-refractivity contribution in [3.8, 4) is 0 Å². The molecule has 1 heterocycles. The molecule has 0 amide bonds. The molecule has 0 saturated carbocycles. The van der Waals surface area contributed by atoms with Crippen LogP contribution in [0.2, 0.25) is 0 Å². The third-order valence-corrected chi connectivity index (χ3v) is 2.72. The number of hydrogen-bond acceptors (Lipinski definition) is 2. The zero-order chi connectivity index (χ0) is 19.8. The van der Waals surface area contributed by atoms with Crippen molar-refractivity contribution in [3.63, 3.8) is 0 Å². The maximum absolute atomic E-state index is 13.6. The van der Waals surface area contributed by atoms with Crippen molar-refractivity contribution in [1.82, 2.24) is 5.12 Å².